The number of hydrogen-bond acceptors (Lipinski definition) is 1. The zero-order valence-corrected chi connectivity index (χ0v) is 11.5. The maximum Gasteiger partial charge on any atom is 0.173 e. The fraction of sp³-hybridized carbons (Fsp3) is 0.462. The monoisotopic (exact) mass is 236 g/mol. The van der Waals surface area contributed by atoms with E-state index in [9.17, 15) is 0 Å². The van der Waals surface area contributed by atoms with Crippen molar-refractivity contribution in [1.82, 2.24) is 4.90 Å². The van der Waals surface area contributed by atoms with E-state index in [4.69, 9.17) is 12.2 Å². The van der Waals surface area contributed by atoms with Crippen LogP contribution in [-0.2, 0) is 0 Å². The molecule has 1 rings (SSSR count). The Hall–Kier alpha value is -1.09. The quantitative estimate of drug-likeness (QED) is 0.793. The lowest BCUT2D eigenvalue weighted by molar-refractivity contribution is 0.423. The van der Waals surface area contributed by atoms with Crippen LogP contribution in [0.5, 0.6) is 0 Å². The van der Waals surface area contributed by atoms with Crippen LogP contribution in [0, 0.1) is 13.8 Å². The summed E-state index contributed by atoms with van der Waals surface area (Å²) in [6, 6.07) is 6.77. The summed E-state index contributed by atoms with van der Waals surface area (Å²) < 4.78 is 0. The maximum absolute atomic E-state index is 5.34. The molecule has 0 heterocycles. The van der Waals surface area contributed by atoms with Crippen LogP contribution >= 0.6 is 12.2 Å². The fourth-order valence-corrected chi connectivity index (χ4v) is 1.82. The molecule has 0 aromatic heterocycles. The molecule has 0 aliphatic heterocycles. The first-order valence-corrected chi connectivity index (χ1v) is 5.93. The molecule has 16 heavy (non-hydrogen) atoms. The van der Waals surface area contributed by atoms with E-state index in [-0.39, 0.29) is 0 Å². The number of anilines is 1. The molecule has 3 heteroatoms. The number of thiocarbonyl (C=S) groups is 1. The first-order chi connectivity index (χ1) is 7.40. The Kier molecular flexibility index (Phi) is 4.30. The van der Waals surface area contributed by atoms with Crippen molar-refractivity contribution in [3.63, 3.8) is 0 Å². The molecule has 0 bridgehead atoms. The topological polar surface area (TPSA) is 15.3 Å². The third-order valence-corrected chi connectivity index (χ3v) is 2.96. The summed E-state index contributed by atoms with van der Waals surface area (Å²) in [5.41, 5.74) is 3.56. The van der Waals surface area contributed by atoms with Gasteiger partial charge in [0.1, 0.15) is 0 Å². The minimum atomic E-state index is 0.408. The summed E-state index contributed by atoms with van der Waals surface area (Å²) in [6.45, 7) is 8.42. The van der Waals surface area contributed by atoms with Crippen molar-refractivity contribution in [3.8, 4) is 0 Å². The van der Waals surface area contributed by atoms with E-state index in [1.807, 2.05) is 11.9 Å². The number of benzene rings is 1. The second-order valence-electron chi connectivity index (χ2n) is 4.51. The number of nitrogens with zero attached hydrogens (tertiary/aromatic N) is 1. The Morgan fingerprint density at radius 1 is 1.19 bits per heavy atom. The van der Waals surface area contributed by atoms with E-state index >= 15 is 0 Å². The van der Waals surface area contributed by atoms with Gasteiger partial charge in [0.25, 0.3) is 0 Å². The summed E-state index contributed by atoms with van der Waals surface area (Å²) in [5.74, 6) is 0. The van der Waals surface area contributed by atoms with Crippen molar-refractivity contribution >= 4 is 23.0 Å². The van der Waals surface area contributed by atoms with Crippen LogP contribution in [0.1, 0.15) is 25.0 Å². The number of rotatable bonds is 2. The summed E-state index contributed by atoms with van der Waals surface area (Å²) in [6.07, 6.45) is 0. The molecule has 0 unspecified atom stereocenters. The smallest absolute Gasteiger partial charge is 0.173 e. The van der Waals surface area contributed by atoms with Gasteiger partial charge in [-0.2, -0.15) is 0 Å². The largest absolute Gasteiger partial charge is 0.350 e. The predicted octanol–water partition coefficient (Wildman–Crippen LogP) is 3.34. The Morgan fingerprint density at radius 2 is 1.69 bits per heavy atom. The number of hydrogen-bond donors (Lipinski definition) is 1. The predicted molar refractivity (Wildman–Crippen MR) is 75.0 cm³/mol. The first kappa shape index (κ1) is 13.0. The molecule has 0 aliphatic carbocycles. The van der Waals surface area contributed by atoms with Crippen molar-refractivity contribution in [2.24, 2.45) is 0 Å². The Morgan fingerprint density at radius 3 is 2.12 bits per heavy atom. The van der Waals surface area contributed by atoms with Crippen molar-refractivity contribution < 1.29 is 0 Å². The third kappa shape index (κ3) is 3.49. The maximum atomic E-state index is 5.34. The van der Waals surface area contributed by atoms with Crippen LogP contribution in [0.3, 0.4) is 0 Å². The Labute approximate surface area is 104 Å². The highest BCUT2D eigenvalue weighted by atomic mass is 32.1. The summed E-state index contributed by atoms with van der Waals surface area (Å²) in [4.78, 5) is 2.05. The lowest BCUT2D eigenvalue weighted by Crippen LogP contribution is -2.36. The molecule has 0 amide bonds. The highest BCUT2D eigenvalue weighted by Crippen LogP contribution is 2.14. The van der Waals surface area contributed by atoms with Crippen molar-refractivity contribution in [1.29, 1.82) is 0 Å². The van der Waals surface area contributed by atoms with E-state index in [1.165, 1.54) is 11.1 Å². The van der Waals surface area contributed by atoms with Gasteiger partial charge in [0, 0.05) is 18.8 Å². The number of aryl methyl sites for hydroxylation is 2. The molecule has 1 aromatic carbocycles. The highest BCUT2D eigenvalue weighted by Gasteiger charge is 2.07. The molecule has 1 aromatic rings. The molecule has 0 fully saturated rings. The van der Waals surface area contributed by atoms with Crippen LogP contribution in [0.2, 0.25) is 0 Å². The SMILES string of the molecule is Cc1cc(C)cc(NC(=S)N(C)C(C)C)c1. The van der Waals surface area contributed by atoms with Gasteiger partial charge in [-0.05, 0) is 63.2 Å². The van der Waals surface area contributed by atoms with Gasteiger partial charge in [-0.1, -0.05) is 6.07 Å². The molecule has 0 saturated heterocycles. The number of nitrogens with one attached hydrogen (secondary N) is 1. The van der Waals surface area contributed by atoms with Gasteiger partial charge in [-0.15, -0.1) is 0 Å². The summed E-state index contributed by atoms with van der Waals surface area (Å²) >= 11 is 5.34. The van der Waals surface area contributed by atoms with Gasteiger partial charge < -0.3 is 10.2 Å². The minimum Gasteiger partial charge on any atom is -0.350 e. The van der Waals surface area contributed by atoms with Gasteiger partial charge in [-0.3, -0.25) is 0 Å². The highest BCUT2D eigenvalue weighted by molar-refractivity contribution is 7.80. The minimum absolute atomic E-state index is 0.408. The lowest BCUT2D eigenvalue weighted by atomic mass is 10.1. The van der Waals surface area contributed by atoms with Gasteiger partial charge in [0.2, 0.25) is 0 Å². The standard InChI is InChI=1S/C13H20N2S/c1-9(2)15(5)13(16)14-12-7-10(3)6-11(4)8-12/h6-9H,1-5H3,(H,14,16). The van der Waals surface area contributed by atoms with E-state index in [0.717, 1.165) is 10.8 Å². The Balaban J connectivity index is 2.77. The van der Waals surface area contributed by atoms with Gasteiger partial charge in [0.05, 0.1) is 0 Å². The van der Waals surface area contributed by atoms with E-state index < -0.39 is 0 Å². The average Bonchev–Trinajstić information content (AvgIpc) is 2.14. The molecular formula is C13H20N2S. The zero-order valence-electron chi connectivity index (χ0n) is 10.7. The van der Waals surface area contributed by atoms with Gasteiger partial charge in [-0.25, -0.2) is 0 Å². The van der Waals surface area contributed by atoms with Crippen LogP contribution in [-0.4, -0.2) is 23.1 Å². The second kappa shape index (κ2) is 5.30. The molecule has 0 radical (unpaired) electrons. The summed E-state index contributed by atoms with van der Waals surface area (Å²) in [7, 11) is 2.00. The van der Waals surface area contributed by atoms with Crippen molar-refractivity contribution in [3.05, 3.63) is 29.3 Å². The molecule has 0 saturated carbocycles. The molecule has 88 valence electrons. The first-order valence-electron chi connectivity index (χ1n) is 5.52. The van der Waals surface area contributed by atoms with E-state index in [2.05, 4.69) is 51.2 Å². The second-order valence-corrected chi connectivity index (χ2v) is 4.90. The molecular weight excluding hydrogens is 216 g/mol. The molecule has 1 N–H and O–H groups in total. The molecule has 0 atom stereocenters. The third-order valence-electron chi connectivity index (χ3n) is 2.57. The van der Waals surface area contributed by atoms with E-state index in [1.54, 1.807) is 0 Å². The van der Waals surface area contributed by atoms with Crippen molar-refractivity contribution in [2.45, 2.75) is 33.7 Å². The van der Waals surface area contributed by atoms with Crippen LogP contribution < -0.4 is 5.32 Å². The van der Waals surface area contributed by atoms with E-state index in [0.29, 0.717) is 6.04 Å². The lowest BCUT2D eigenvalue weighted by Gasteiger charge is -2.25. The van der Waals surface area contributed by atoms with Crippen LogP contribution in [0.15, 0.2) is 18.2 Å². The Bertz CT molecular complexity index is 365. The summed E-state index contributed by atoms with van der Waals surface area (Å²) in [5, 5.41) is 4.03. The molecule has 2 nitrogen and oxygen atoms in total. The van der Waals surface area contributed by atoms with Gasteiger partial charge >= 0.3 is 0 Å². The van der Waals surface area contributed by atoms with Crippen molar-refractivity contribution in [2.75, 3.05) is 12.4 Å². The fourth-order valence-electron chi connectivity index (χ4n) is 1.49. The normalized spacial score (nSPS) is 10.4. The van der Waals surface area contributed by atoms with Gasteiger partial charge in [0.15, 0.2) is 5.11 Å². The molecule has 0 aliphatic rings. The van der Waals surface area contributed by atoms with Crippen LogP contribution in [0.25, 0.3) is 0 Å². The average molecular weight is 236 g/mol. The van der Waals surface area contributed by atoms with Crippen LogP contribution in [0.4, 0.5) is 5.69 Å². The zero-order chi connectivity index (χ0) is 12.3. The molecule has 0 spiro atoms.